The van der Waals surface area contributed by atoms with Gasteiger partial charge in [0.05, 0.1) is 18.8 Å². The van der Waals surface area contributed by atoms with Crippen LogP contribution in [0.15, 0.2) is 66.7 Å². The highest BCUT2D eigenvalue weighted by Crippen LogP contribution is 2.44. The molecule has 28 heavy (non-hydrogen) atoms. The zero-order chi connectivity index (χ0) is 19.1. The number of piperidine rings is 1. The van der Waals surface area contributed by atoms with Crippen LogP contribution in [0.25, 0.3) is 10.8 Å². The molecule has 144 valence electrons. The van der Waals surface area contributed by atoms with Gasteiger partial charge in [0.1, 0.15) is 5.82 Å². The lowest BCUT2D eigenvalue weighted by Crippen LogP contribution is -2.60. The predicted molar refractivity (Wildman–Crippen MR) is 107 cm³/mol. The molecule has 0 amide bonds. The van der Waals surface area contributed by atoms with E-state index in [2.05, 4.69) is 29.2 Å². The second-order valence-electron chi connectivity index (χ2n) is 8.08. The summed E-state index contributed by atoms with van der Waals surface area (Å²) >= 11 is 0. The first-order valence-corrected chi connectivity index (χ1v) is 9.91. The van der Waals surface area contributed by atoms with Gasteiger partial charge in [-0.1, -0.05) is 60.7 Å². The van der Waals surface area contributed by atoms with E-state index in [1.54, 1.807) is 12.1 Å². The van der Waals surface area contributed by atoms with Gasteiger partial charge in [0.25, 0.3) is 0 Å². The molecule has 2 aliphatic heterocycles. The van der Waals surface area contributed by atoms with E-state index in [0.717, 1.165) is 17.5 Å². The summed E-state index contributed by atoms with van der Waals surface area (Å²) in [4.78, 5) is 2.47. The van der Waals surface area contributed by atoms with E-state index in [1.165, 1.54) is 11.6 Å². The largest absolute Gasteiger partial charge is 0.385 e. The first-order valence-electron chi connectivity index (χ1n) is 9.91. The van der Waals surface area contributed by atoms with Gasteiger partial charge in [0.15, 0.2) is 0 Å². The number of rotatable bonds is 3. The molecule has 0 aliphatic carbocycles. The van der Waals surface area contributed by atoms with Gasteiger partial charge in [0, 0.05) is 24.0 Å². The second kappa shape index (κ2) is 6.96. The molecule has 4 heteroatoms. The first-order chi connectivity index (χ1) is 13.6. The number of fused-ring (bicyclic) bond motifs is 3. The van der Waals surface area contributed by atoms with E-state index in [0.29, 0.717) is 31.4 Å². The zero-order valence-electron chi connectivity index (χ0n) is 15.7. The molecule has 1 N–H and O–H groups in total. The number of hydrogen-bond acceptors (Lipinski definition) is 3. The summed E-state index contributed by atoms with van der Waals surface area (Å²) in [6.07, 6.45) is 1.18. The van der Waals surface area contributed by atoms with E-state index in [1.807, 2.05) is 24.3 Å². The number of benzene rings is 3. The number of morpholine rings is 1. The molecule has 3 aromatic rings. The molecule has 3 nitrogen and oxygen atoms in total. The lowest BCUT2D eigenvalue weighted by Gasteiger charge is -2.52. The molecule has 2 bridgehead atoms. The van der Waals surface area contributed by atoms with Gasteiger partial charge in [-0.15, -0.1) is 0 Å². The third kappa shape index (κ3) is 3.02. The lowest BCUT2D eigenvalue weighted by molar-refractivity contribution is -0.149. The minimum absolute atomic E-state index is 0.140. The molecule has 0 aromatic heterocycles. The Morgan fingerprint density at radius 3 is 2.25 bits per heavy atom. The Kier molecular flexibility index (Phi) is 4.43. The fourth-order valence-electron chi connectivity index (χ4n) is 4.99. The van der Waals surface area contributed by atoms with Crippen molar-refractivity contribution in [1.29, 1.82) is 0 Å². The first kappa shape index (κ1) is 17.8. The van der Waals surface area contributed by atoms with Crippen molar-refractivity contribution in [2.45, 2.75) is 37.1 Å². The van der Waals surface area contributed by atoms with E-state index in [-0.39, 0.29) is 17.9 Å². The van der Waals surface area contributed by atoms with Crippen LogP contribution >= 0.6 is 0 Å². The zero-order valence-corrected chi connectivity index (χ0v) is 15.7. The normalized spacial score (nSPS) is 27.8. The van der Waals surface area contributed by atoms with Crippen molar-refractivity contribution < 1.29 is 14.2 Å². The van der Waals surface area contributed by atoms with Crippen molar-refractivity contribution >= 4 is 10.8 Å². The van der Waals surface area contributed by atoms with Crippen molar-refractivity contribution in [2.24, 2.45) is 0 Å². The third-order valence-corrected chi connectivity index (χ3v) is 6.29. The summed E-state index contributed by atoms with van der Waals surface area (Å²) in [5, 5.41) is 13.1. The topological polar surface area (TPSA) is 32.7 Å². The molecule has 3 aromatic carbocycles. The Labute approximate surface area is 164 Å². The summed E-state index contributed by atoms with van der Waals surface area (Å²) in [5.74, 6) is -0.243. The number of ether oxygens (including phenoxy) is 1. The third-order valence-electron chi connectivity index (χ3n) is 6.29. The summed E-state index contributed by atoms with van der Waals surface area (Å²) in [7, 11) is 0. The molecule has 0 spiro atoms. The van der Waals surface area contributed by atoms with Crippen molar-refractivity contribution in [3.05, 3.63) is 83.7 Å². The monoisotopic (exact) mass is 377 g/mol. The van der Waals surface area contributed by atoms with Crippen molar-refractivity contribution in [1.82, 2.24) is 4.90 Å². The van der Waals surface area contributed by atoms with Gasteiger partial charge in [-0.25, -0.2) is 4.39 Å². The maximum absolute atomic E-state index is 14.3. The van der Waals surface area contributed by atoms with Crippen LogP contribution in [0.3, 0.4) is 0 Å². The number of aliphatic hydroxyl groups is 1. The highest BCUT2D eigenvalue weighted by Gasteiger charge is 2.47. The van der Waals surface area contributed by atoms with Crippen LogP contribution < -0.4 is 0 Å². The Hall–Kier alpha value is -2.27. The van der Waals surface area contributed by atoms with E-state index < -0.39 is 5.60 Å². The fourth-order valence-corrected chi connectivity index (χ4v) is 4.99. The predicted octanol–water partition coefficient (Wildman–Crippen LogP) is 4.23. The molecule has 2 atom stereocenters. The number of nitrogens with zero attached hydrogens (tertiary/aromatic N) is 1. The van der Waals surface area contributed by atoms with Crippen molar-refractivity contribution in [3.63, 3.8) is 0 Å². The molecule has 0 saturated carbocycles. The van der Waals surface area contributed by atoms with Gasteiger partial charge in [-0.3, -0.25) is 4.90 Å². The van der Waals surface area contributed by atoms with Crippen molar-refractivity contribution in [3.8, 4) is 0 Å². The van der Waals surface area contributed by atoms with E-state index >= 15 is 0 Å². The standard InChI is InChI=1S/C24H24FNO2/c25-23-11-10-22(20-8-4-5-9-21(20)23)24(27)12-18-15-28-16-19(13-24)26(18)14-17-6-2-1-3-7-17/h1-11,18-19,27H,12-16H2. The fraction of sp³-hybridized carbons (Fsp3) is 0.333. The Morgan fingerprint density at radius 1 is 0.893 bits per heavy atom. The van der Waals surface area contributed by atoms with Crippen molar-refractivity contribution in [2.75, 3.05) is 13.2 Å². The van der Waals surface area contributed by atoms with Gasteiger partial charge < -0.3 is 9.84 Å². The molecule has 2 fully saturated rings. The van der Waals surface area contributed by atoms with E-state index in [9.17, 15) is 9.50 Å². The maximum Gasteiger partial charge on any atom is 0.131 e. The molecule has 5 rings (SSSR count). The van der Waals surface area contributed by atoms with Gasteiger partial charge >= 0.3 is 0 Å². The number of halogens is 1. The quantitative estimate of drug-likeness (QED) is 0.741. The maximum atomic E-state index is 14.3. The van der Waals surface area contributed by atoms with Crippen LogP contribution in [0, 0.1) is 5.82 Å². The molecule has 2 unspecified atom stereocenters. The minimum atomic E-state index is -0.973. The van der Waals surface area contributed by atoms with Crippen LogP contribution in [-0.2, 0) is 16.9 Å². The summed E-state index contributed by atoms with van der Waals surface area (Å²) in [6.45, 7) is 2.09. The summed E-state index contributed by atoms with van der Waals surface area (Å²) in [5.41, 5.74) is 1.14. The number of hydrogen-bond donors (Lipinski definition) is 1. The van der Waals surface area contributed by atoms with Gasteiger partial charge in [0.2, 0.25) is 0 Å². The summed E-state index contributed by atoms with van der Waals surface area (Å²) < 4.78 is 20.1. The Morgan fingerprint density at radius 2 is 1.54 bits per heavy atom. The smallest absolute Gasteiger partial charge is 0.131 e. The Bertz CT molecular complexity index is 976. The van der Waals surface area contributed by atoms with Crippen LogP contribution in [0.1, 0.15) is 24.0 Å². The van der Waals surface area contributed by atoms with Crippen LogP contribution in [-0.4, -0.2) is 35.3 Å². The van der Waals surface area contributed by atoms with Crippen LogP contribution in [0.4, 0.5) is 4.39 Å². The van der Waals surface area contributed by atoms with Crippen LogP contribution in [0.5, 0.6) is 0 Å². The second-order valence-corrected chi connectivity index (χ2v) is 8.08. The minimum Gasteiger partial charge on any atom is -0.385 e. The molecular weight excluding hydrogens is 353 g/mol. The average Bonchev–Trinajstić information content (AvgIpc) is 2.70. The average molecular weight is 377 g/mol. The Balaban J connectivity index is 1.50. The molecule has 0 radical (unpaired) electrons. The van der Waals surface area contributed by atoms with Crippen LogP contribution in [0.2, 0.25) is 0 Å². The molecule has 2 aliphatic rings. The van der Waals surface area contributed by atoms with E-state index in [4.69, 9.17) is 4.74 Å². The molecular formula is C24H24FNO2. The summed E-state index contributed by atoms with van der Waals surface area (Å²) in [6, 6.07) is 21.4. The highest BCUT2D eigenvalue weighted by atomic mass is 19.1. The SMILES string of the molecule is OC1(c2ccc(F)c3ccccc23)CC2COCC(C1)N2Cc1ccccc1. The molecule has 2 heterocycles. The highest BCUT2D eigenvalue weighted by molar-refractivity contribution is 5.87. The molecule has 2 saturated heterocycles. The van der Waals surface area contributed by atoms with Gasteiger partial charge in [-0.2, -0.15) is 0 Å². The van der Waals surface area contributed by atoms with Gasteiger partial charge in [-0.05, 0) is 35.4 Å². The lowest BCUT2D eigenvalue weighted by atomic mass is 9.75.